The van der Waals surface area contributed by atoms with Crippen molar-refractivity contribution in [3.8, 4) is 0 Å². The van der Waals surface area contributed by atoms with Crippen molar-refractivity contribution in [3.63, 3.8) is 0 Å². The fraction of sp³-hybridized carbons (Fsp3) is 0.917. The third-order valence-corrected chi connectivity index (χ3v) is 3.38. The molecule has 0 saturated heterocycles. The maximum atomic E-state index is 10.5. The summed E-state index contributed by atoms with van der Waals surface area (Å²) in [6.07, 6.45) is 6.87. The number of hydrogen-bond acceptors (Lipinski definition) is 2. The molecular weight excluding hydrogens is 176 g/mol. The van der Waals surface area contributed by atoms with Crippen molar-refractivity contribution in [1.29, 1.82) is 0 Å². The van der Waals surface area contributed by atoms with Crippen LogP contribution < -0.4 is 0 Å². The smallest absolute Gasteiger partial charge is 0.302 e. The molecule has 1 spiro atoms. The Morgan fingerprint density at radius 1 is 1.36 bits per heavy atom. The molecule has 2 aliphatic carbocycles. The van der Waals surface area contributed by atoms with Crippen LogP contribution in [0, 0.1) is 11.3 Å². The van der Waals surface area contributed by atoms with E-state index >= 15 is 0 Å². The minimum atomic E-state index is -0.135. The number of carbonyl (C=O) groups excluding carboxylic acids is 1. The van der Waals surface area contributed by atoms with E-state index in [0.29, 0.717) is 17.9 Å². The van der Waals surface area contributed by atoms with Crippen molar-refractivity contribution in [2.24, 2.45) is 11.3 Å². The van der Waals surface area contributed by atoms with Gasteiger partial charge in [-0.3, -0.25) is 4.79 Å². The first-order valence-corrected chi connectivity index (χ1v) is 5.84. The van der Waals surface area contributed by atoms with Crippen LogP contribution in [-0.4, -0.2) is 12.6 Å². The van der Waals surface area contributed by atoms with Crippen LogP contribution in [0.3, 0.4) is 0 Å². The van der Waals surface area contributed by atoms with Crippen LogP contribution in [-0.2, 0) is 9.53 Å². The zero-order chi connectivity index (χ0) is 10.6. The van der Waals surface area contributed by atoms with E-state index in [1.54, 1.807) is 0 Å². The normalized spacial score (nSPS) is 22.8. The Labute approximate surface area is 87.0 Å². The highest BCUT2D eigenvalue weighted by Crippen LogP contribution is 2.58. The summed E-state index contributed by atoms with van der Waals surface area (Å²) in [5.41, 5.74) is 0.713. The number of esters is 1. The molecule has 2 rings (SSSR count). The van der Waals surface area contributed by atoms with Crippen molar-refractivity contribution in [1.82, 2.24) is 0 Å². The summed E-state index contributed by atoms with van der Waals surface area (Å²) in [6.45, 7) is 6.15. The average Bonchev–Trinajstić information content (AvgIpc) is 2.02. The van der Waals surface area contributed by atoms with Crippen LogP contribution in [0.2, 0.25) is 0 Å². The zero-order valence-corrected chi connectivity index (χ0v) is 9.64. The lowest BCUT2D eigenvalue weighted by molar-refractivity contribution is -0.147. The highest BCUT2D eigenvalue weighted by atomic mass is 16.5. The lowest BCUT2D eigenvalue weighted by Gasteiger charge is -2.54. The van der Waals surface area contributed by atoms with Crippen molar-refractivity contribution in [3.05, 3.63) is 0 Å². The van der Waals surface area contributed by atoms with Gasteiger partial charge in [0, 0.05) is 6.92 Å². The first-order chi connectivity index (χ1) is 6.70. The monoisotopic (exact) mass is 198 g/mol. The van der Waals surface area contributed by atoms with Gasteiger partial charge in [-0.15, -0.1) is 0 Å². The molecule has 0 bridgehead atoms. The summed E-state index contributed by atoms with van der Waals surface area (Å²) in [5, 5.41) is 0. The van der Waals surface area contributed by atoms with E-state index in [2.05, 4.69) is 0 Å². The van der Waals surface area contributed by atoms with E-state index in [9.17, 15) is 4.79 Å². The van der Waals surface area contributed by atoms with E-state index in [-0.39, 0.29) is 5.97 Å². The molecule has 0 amide bonds. The maximum Gasteiger partial charge on any atom is 0.302 e. The van der Waals surface area contributed by atoms with Gasteiger partial charge in [-0.1, -0.05) is 20.3 Å². The molecule has 14 heavy (non-hydrogen) atoms. The lowest BCUT2D eigenvalue weighted by atomic mass is 9.52. The minimum Gasteiger partial charge on any atom is -0.466 e. The summed E-state index contributed by atoms with van der Waals surface area (Å²) in [4.78, 5) is 10.5. The van der Waals surface area contributed by atoms with Gasteiger partial charge in [-0.25, -0.2) is 0 Å². The number of hydrogen-bond donors (Lipinski definition) is 0. The van der Waals surface area contributed by atoms with Crippen LogP contribution in [0.25, 0.3) is 0 Å². The maximum absolute atomic E-state index is 10.5. The van der Waals surface area contributed by atoms with Gasteiger partial charge in [-0.05, 0) is 37.0 Å². The molecule has 0 aromatic heterocycles. The van der Waals surface area contributed by atoms with Crippen molar-refractivity contribution >= 4 is 5.97 Å². The first-order valence-electron chi connectivity index (χ1n) is 5.84. The fourth-order valence-corrected chi connectivity index (χ4v) is 2.60. The topological polar surface area (TPSA) is 26.3 Å². The van der Waals surface area contributed by atoms with Gasteiger partial charge < -0.3 is 4.74 Å². The predicted molar refractivity (Wildman–Crippen MR) is 57.0 cm³/mol. The Kier molecular flexibility index (Phi) is 3.97. The SMILES string of the molecule is CC.CC(=O)OCC1CC2(CCC2)C1. The first kappa shape index (κ1) is 11.5. The molecule has 0 unspecified atom stereocenters. The van der Waals surface area contributed by atoms with E-state index < -0.39 is 0 Å². The highest BCUT2D eigenvalue weighted by molar-refractivity contribution is 5.65. The Balaban J connectivity index is 0.000000461. The van der Waals surface area contributed by atoms with Gasteiger partial charge in [0.15, 0.2) is 0 Å². The quantitative estimate of drug-likeness (QED) is 0.637. The molecule has 0 aromatic carbocycles. The second kappa shape index (κ2) is 4.81. The highest BCUT2D eigenvalue weighted by Gasteiger charge is 2.48. The molecular formula is C12H22O2. The van der Waals surface area contributed by atoms with Crippen LogP contribution in [0.1, 0.15) is 52.9 Å². The fourth-order valence-electron chi connectivity index (χ4n) is 2.60. The van der Waals surface area contributed by atoms with Crippen molar-refractivity contribution < 1.29 is 9.53 Å². The molecule has 2 saturated carbocycles. The second-order valence-electron chi connectivity index (χ2n) is 4.43. The zero-order valence-electron chi connectivity index (χ0n) is 9.64. The molecule has 0 aliphatic heterocycles. The molecule has 2 heteroatoms. The number of carbonyl (C=O) groups is 1. The third-order valence-electron chi connectivity index (χ3n) is 3.38. The van der Waals surface area contributed by atoms with Gasteiger partial charge in [0.2, 0.25) is 0 Å². The van der Waals surface area contributed by atoms with Gasteiger partial charge in [0.05, 0.1) is 6.61 Å². The Morgan fingerprint density at radius 2 is 1.93 bits per heavy atom. The van der Waals surface area contributed by atoms with Crippen LogP contribution >= 0.6 is 0 Å². The molecule has 0 N–H and O–H groups in total. The molecule has 2 aliphatic rings. The Morgan fingerprint density at radius 3 is 2.29 bits per heavy atom. The molecule has 2 fully saturated rings. The molecule has 0 heterocycles. The van der Waals surface area contributed by atoms with Crippen LogP contribution in [0.15, 0.2) is 0 Å². The van der Waals surface area contributed by atoms with Gasteiger partial charge in [0.1, 0.15) is 0 Å². The van der Waals surface area contributed by atoms with Crippen LogP contribution in [0.4, 0.5) is 0 Å². The summed E-state index contributed by atoms with van der Waals surface area (Å²) in [5.74, 6) is 0.541. The molecule has 2 nitrogen and oxygen atoms in total. The molecule has 0 atom stereocenters. The third kappa shape index (κ3) is 2.49. The molecule has 0 aromatic rings. The van der Waals surface area contributed by atoms with Gasteiger partial charge in [-0.2, -0.15) is 0 Å². The van der Waals surface area contributed by atoms with E-state index in [1.807, 2.05) is 13.8 Å². The van der Waals surface area contributed by atoms with Crippen LogP contribution in [0.5, 0.6) is 0 Å². The molecule has 82 valence electrons. The standard InChI is InChI=1S/C10H16O2.C2H6/c1-8(11)12-7-9-5-10(6-9)3-2-4-10;1-2/h9H,2-7H2,1H3;1-2H3. The Bertz CT molecular complexity index is 186. The average molecular weight is 198 g/mol. The number of rotatable bonds is 2. The predicted octanol–water partition coefficient (Wildman–Crippen LogP) is 3.16. The van der Waals surface area contributed by atoms with E-state index in [1.165, 1.54) is 39.0 Å². The van der Waals surface area contributed by atoms with Crippen molar-refractivity contribution in [2.75, 3.05) is 6.61 Å². The van der Waals surface area contributed by atoms with Crippen molar-refractivity contribution in [2.45, 2.75) is 52.9 Å². The minimum absolute atomic E-state index is 0.135. The van der Waals surface area contributed by atoms with Gasteiger partial charge in [0.25, 0.3) is 0 Å². The van der Waals surface area contributed by atoms with Gasteiger partial charge >= 0.3 is 5.97 Å². The lowest BCUT2D eigenvalue weighted by Crippen LogP contribution is -2.44. The second-order valence-corrected chi connectivity index (χ2v) is 4.43. The summed E-state index contributed by atoms with van der Waals surface area (Å²) in [7, 11) is 0. The summed E-state index contributed by atoms with van der Waals surface area (Å²) >= 11 is 0. The van der Waals surface area contributed by atoms with E-state index in [0.717, 1.165) is 0 Å². The largest absolute Gasteiger partial charge is 0.466 e. The molecule has 0 radical (unpaired) electrons. The summed E-state index contributed by atoms with van der Waals surface area (Å²) < 4.78 is 4.97. The summed E-state index contributed by atoms with van der Waals surface area (Å²) in [6, 6.07) is 0. The number of ether oxygens (including phenoxy) is 1. The van der Waals surface area contributed by atoms with E-state index in [4.69, 9.17) is 4.74 Å². The Hall–Kier alpha value is -0.530.